The molecule has 0 aliphatic heterocycles. The third kappa shape index (κ3) is 5.02. The molecule has 32 heavy (non-hydrogen) atoms. The molecule has 1 fully saturated rings. The molecule has 3 aromatic rings. The van der Waals surface area contributed by atoms with Crippen LogP contribution in [0.15, 0.2) is 53.7 Å². The van der Waals surface area contributed by atoms with Crippen molar-refractivity contribution in [3.8, 4) is 11.3 Å². The number of H-pyrrole nitrogens is 1. The Morgan fingerprint density at radius 2 is 1.97 bits per heavy atom. The van der Waals surface area contributed by atoms with Gasteiger partial charge in [-0.05, 0) is 75.4 Å². The summed E-state index contributed by atoms with van der Waals surface area (Å²) in [7, 11) is -3.64. The average Bonchev–Trinajstić information content (AvgIpc) is 3.23. The zero-order valence-electron chi connectivity index (χ0n) is 18.5. The minimum absolute atomic E-state index is 0.0353. The van der Waals surface area contributed by atoms with Gasteiger partial charge in [0.15, 0.2) is 0 Å². The number of carbonyl (C=O) groups is 1. The molecule has 2 aromatic heterocycles. The molecule has 0 radical (unpaired) electrons. The number of fused-ring (bicyclic) bond motifs is 1. The van der Waals surface area contributed by atoms with Crippen LogP contribution in [0, 0.1) is 5.92 Å². The van der Waals surface area contributed by atoms with E-state index in [9.17, 15) is 13.2 Å². The highest BCUT2D eigenvalue weighted by molar-refractivity contribution is 7.89. The molecule has 2 heterocycles. The molecular weight excluding hydrogens is 424 g/mol. The van der Waals surface area contributed by atoms with Crippen LogP contribution in [0.2, 0.25) is 0 Å². The summed E-state index contributed by atoms with van der Waals surface area (Å²) in [5.41, 5.74) is 2.71. The van der Waals surface area contributed by atoms with Crippen molar-refractivity contribution in [1.29, 1.82) is 0 Å². The van der Waals surface area contributed by atoms with Gasteiger partial charge >= 0.3 is 0 Å². The zero-order valence-corrected chi connectivity index (χ0v) is 19.3. The van der Waals surface area contributed by atoms with Crippen LogP contribution >= 0.6 is 0 Å². The number of sulfonamides is 1. The van der Waals surface area contributed by atoms with E-state index in [0.717, 1.165) is 28.6 Å². The molecule has 8 heteroatoms. The number of aromatic nitrogens is 2. The summed E-state index contributed by atoms with van der Waals surface area (Å²) < 4.78 is 28.9. The van der Waals surface area contributed by atoms with Crippen LogP contribution in [0.1, 0.15) is 46.0 Å². The topological polar surface area (TPSA) is 104 Å². The van der Waals surface area contributed by atoms with E-state index < -0.39 is 10.0 Å². The summed E-state index contributed by atoms with van der Waals surface area (Å²) in [6.07, 6.45) is 7.10. The van der Waals surface area contributed by atoms with Gasteiger partial charge in [-0.3, -0.25) is 9.78 Å². The maximum atomic E-state index is 13.0. The van der Waals surface area contributed by atoms with E-state index in [2.05, 4.69) is 20.0 Å². The van der Waals surface area contributed by atoms with Crippen molar-refractivity contribution in [3.63, 3.8) is 0 Å². The van der Waals surface area contributed by atoms with Crippen molar-refractivity contribution in [1.82, 2.24) is 20.0 Å². The second-order valence-electron chi connectivity index (χ2n) is 8.66. The minimum atomic E-state index is -3.64. The molecule has 1 atom stereocenters. The molecule has 1 saturated carbocycles. The van der Waals surface area contributed by atoms with Gasteiger partial charge in [0.05, 0.1) is 4.90 Å². The molecule has 0 bridgehead atoms. The average molecular weight is 455 g/mol. The first kappa shape index (κ1) is 22.5. The molecule has 4 rings (SSSR count). The molecule has 1 amide bonds. The van der Waals surface area contributed by atoms with Crippen LogP contribution in [-0.2, 0) is 14.8 Å². The molecule has 0 saturated heterocycles. The van der Waals surface area contributed by atoms with Crippen molar-refractivity contribution >= 4 is 26.8 Å². The Labute approximate surface area is 189 Å². The summed E-state index contributed by atoms with van der Waals surface area (Å²) in [6.45, 7) is 4.04. The van der Waals surface area contributed by atoms with E-state index in [4.69, 9.17) is 0 Å². The highest BCUT2D eigenvalue weighted by Crippen LogP contribution is 2.28. The molecule has 0 spiro atoms. The number of hydrogen-bond donors (Lipinski definition) is 3. The molecule has 7 nitrogen and oxygen atoms in total. The van der Waals surface area contributed by atoms with Crippen LogP contribution in [0.5, 0.6) is 0 Å². The lowest BCUT2D eigenvalue weighted by atomic mass is 9.86. The number of pyridine rings is 1. The van der Waals surface area contributed by atoms with Gasteiger partial charge < -0.3 is 10.3 Å². The Kier molecular flexibility index (Phi) is 6.62. The van der Waals surface area contributed by atoms with Gasteiger partial charge in [0.25, 0.3) is 0 Å². The number of rotatable bonds is 7. The van der Waals surface area contributed by atoms with Crippen LogP contribution in [-0.4, -0.2) is 36.4 Å². The van der Waals surface area contributed by atoms with Crippen molar-refractivity contribution in [2.45, 2.75) is 62.9 Å². The molecular formula is C24H30N4O3S. The third-order valence-electron chi connectivity index (χ3n) is 6.30. The quantitative estimate of drug-likeness (QED) is 0.502. The first-order valence-electron chi connectivity index (χ1n) is 11.2. The van der Waals surface area contributed by atoms with E-state index >= 15 is 0 Å². The molecule has 1 unspecified atom stereocenters. The number of nitrogens with zero attached hydrogens (tertiary/aromatic N) is 1. The fourth-order valence-corrected chi connectivity index (χ4v) is 5.52. The molecule has 170 valence electrons. The van der Waals surface area contributed by atoms with Gasteiger partial charge in [0, 0.05) is 52.6 Å². The van der Waals surface area contributed by atoms with E-state index in [1.807, 2.05) is 32.0 Å². The van der Waals surface area contributed by atoms with Gasteiger partial charge in [0.1, 0.15) is 0 Å². The van der Waals surface area contributed by atoms with Crippen LogP contribution < -0.4 is 10.0 Å². The number of hydrogen-bond acceptors (Lipinski definition) is 4. The van der Waals surface area contributed by atoms with Gasteiger partial charge in [-0.25, -0.2) is 13.1 Å². The predicted octanol–water partition coefficient (Wildman–Crippen LogP) is 3.98. The van der Waals surface area contributed by atoms with Crippen LogP contribution in [0.25, 0.3) is 22.2 Å². The van der Waals surface area contributed by atoms with E-state index in [0.29, 0.717) is 25.7 Å². The summed E-state index contributed by atoms with van der Waals surface area (Å²) >= 11 is 0. The molecule has 1 aliphatic carbocycles. The van der Waals surface area contributed by atoms with Crippen molar-refractivity contribution in [2.75, 3.05) is 0 Å². The zero-order chi connectivity index (χ0) is 22.7. The standard InChI is InChI=1S/C24H30N4O3S/c1-3-16(2)26-24(29)17-6-8-20(9-7-17)28-32(30,31)21-10-11-22-19(13-21)14-23(27-22)18-5-4-12-25-15-18/h4-5,10-17,20,27-28H,3,6-9H2,1-2H3,(H,26,29). The lowest BCUT2D eigenvalue weighted by Crippen LogP contribution is -2.42. The Hall–Kier alpha value is -2.71. The van der Waals surface area contributed by atoms with Gasteiger partial charge in [-0.15, -0.1) is 0 Å². The first-order valence-corrected chi connectivity index (χ1v) is 12.7. The minimum Gasteiger partial charge on any atom is -0.354 e. The molecule has 3 N–H and O–H groups in total. The highest BCUT2D eigenvalue weighted by Gasteiger charge is 2.29. The SMILES string of the molecule is CCC(C)NC(=O)C1CCC(NS(=O)(=O)c2ccc3[nH]c(-c4cccnc4)cc3c2)CC1. The summed E-state index contributed by atoms with van der Waals surface area (Å²) in [5, 5.41) is 3.87. The molecule has 1 aromatic carbocycles. The second-order valence-corrected chi connectivity index (χ2v) is 10.4. The summed E-state index contributed by atoms with van der Waals surface area (Å²) in [4.78, 5) is 20.0. The monoisotopic (exact) mass is 454 g/mol. The van der Waals surface area contributed by atoms with E-state index in [-0.39, 0.29) is 28.8 Å². The highest BCUT2D eigenvalue weighted by atomic mass is 32.2. The van der Waals surface area contributed by atoms with Crippen molar-refractivity contribution in [3.05, 3.63) is 48.8 Å². The third-order valence-corrected chi connectivity index (χ3v) is 7.81. The number of amides is 1. The predicted molar refractivity (Wildman–Crippen MR) is 125 cm³/mol. The Morgan fingerprint density at radius 3 is 2.66 bits per heavy atom. The van der Waals surface area contributed by atoms with Crippen molar-refractivity contribution < 1.29 is 13.2 Å². The maximum Gasteiger partial charge on any atom is 0.240 e. The largest absolute Gasteiger partial charge is 0.354 e. The fourth-order valence-electron chi connectivity index (χ4n) is 4.18. The fraction of sp³-hybridized carbons (Fsp3) is 0.417. The number of nitrogens with one attached hydrogen (secondary N) is 3. The van der Waals surface area contributed by atoms with E-state index in [1.54, 1.807) is 30.6 Å². The summed E-state index contributed by atoms with van der Waals surface area (Å²) in [6, 6.07) is 10.9. The van der Waals surface area contributed by atoms with Gasteiger partial charge in [-0.1, -0.05) is 6.92 Å². The Bertz CT molecular complexity index is 1180. The maximum absolute atomic E-state index is 13.0. The number of aromatic amines is 1. The Balaban J connectivity index is 1.42. The smallest absolute Gasteiger partial charge is 0.240 e. The first-order chi connectivity index (χ1) is 15.4. The van der Waals surface area contributed by atoms with Crippen LogP contribution in [0.3, 0.4) is 0 Å². The number of carbonyl (C=O) groups excluding carboxylic acids is 1. The summed E-state index contributed by atoms with van der Waals surface area (Å²) in [5.74, 6) is 0.0508. The lowest BCUT2D eigenvalue weighted by Gasteiger charge is -2.29. The molecule has 1 aliphatic rings. The second kappa shape index (κ2) is 9.42. The van der Waals surface area contributed by atoms with Gasteiger partial charge in [-0.2, -0.15) is 0 Å². The van der Waals surface area contributed by atoms with E-state index in [1.165, 1.54) is 0 Å². The van der Waals surface area contributed by atoms with Gasteiger partial charge in [0.2, 0.25) is 15.9 Å². The number of benzene rings is 1. The lowest BCUT2D eigenvalue weighted by molar-refractivity contribution is -0.126. The Morgan fingerprint density at radius 1 is 1.19 bits per heavy atom. The van der Waals surface area contributed by atoms with Crippen LogP contribution in [0.4, 0.5) is 0 Å². The van der Waals surface area contributed by atoms with Crippen molar-refractivity contribution in [2.24, 2.45) is 5.92 Å². The normalized spacial score (nSPS) is 20.2.